The van der Waals surface area contributed by atoms with Crippen molar-refractivity contribution in [1.82, 2.24) is 5.32 Å². The maximum absolute atomic E-state index is 6.53. The Morgan fingerprint density at radius 2 is 2.00 bits per heavy atom. The molecule has 0 radical (unpaired) electrons. The Kier molecular flexibility index (Phi) is 5.91. The van der Waals surface area contributed by atoms with Crippen LogP contribution < -0.4 is 10.2 Å². The molecule has 21 heavy (non-hydrogen) atoms. The van der Waals surface area contributed by atoms with Crippen LogP contribution in [-0.4, -0.2) is 31.8 Å². The van der Waals surface area contributed by atoms with E-state index in [1.54, 1.807) is 0 Å². The predicted octanol–water partition coefficient (Wildman–Crippen LogP) is 4.01. The van der Waals surface area contributed by atoms with E-state index in [0.29, 0.717) is 6.04 Å². The number of rotatable bonds is 5. The molecule has 1 unspecified atom stereocenters. The predicted molar refractivity (Wildman–Crippen MR) is 90.4 cm³/mol. The first-order chi connectivity index (χ1) is 10.0. The van der Waals surface area contributed by atoms with Crippen LogP contribution in [0.3, 0.4) is 0 Å². The number of hydrogen-bond donors (Lipinski definition) is 1. The first-order valence-electron chi connectivity index (χ1n) is 7.94. The van der Waals surface area contributed by atoms with Crippen molar-refractivity contribution in [1.29, 1.82) is 0 Å². The van der Waals surface area contributed by atoms with Gasteiger partial charge in [-0.05, 0) is 51.4 Å². The standard InChI is InChI=1S/C17H27ClN2O/c1-5-8-19-14(4)15-6-7-17(16(18)9-15)20-10-12(2)21-13(3)11-20/h6-7,9,12-14,19H,5,8,10-11H2,1-4H3/t12-,13+,14?. The van der Waals surface area contributed by atoms with Gasteiger partial charge in [0, 0.05) is 19.1 Å². The number of ether oxygens (including phenoxy) is 1. The molecule has 1 saturated heterocycles. The van der Waals surface area contributed by atoms with Gasteiger partial charge in [0.15, 0.2) is 0 Å². The second-order valence-electron chi connectivity index (χ2n) is 6.05. The first kappa shape index (κ1) is 16.6. The summed E-state index contributed by atoms with van der Waals surface area (Å²) in [6.07, 6.45) is 1.63. The zero-order valence-corrected chi connectivity index (χ0v) is 14.3. The van der Waals surface area contributed by atoms with Crippen molar-refractivity contribution in [2.75, 3.05) is 24.5 Å². The van der Waals surface area contributed by atoms with E-state index in [1.807, 2.05) is 0 Å². The molecule has 0 bridgehead atoms. The monoisotopic (exact) mass is 310 g/mol. The normalized spacial score (nSPS) is 24.1. The van der Waals surface area contributed by atoms with Crippen LogP contribution in [0.2, 0.25) is 5.02 Å². The highest BCUT2D eigenvalue weighted by Gasteiger charge is 2.24. The maximum Gasteiger partial charge on any atom is 0.0726 e. The highest BCUT2D eigenvalue weighted by molar-refractivity contribution is 6.33. The second kappa shape index (κ2) is 7.48. The minimum atomic E-state index is 0.245. The minimum Gasteiger partial charge on any atom is -0.372 e. The molecule has 1 N–H and O–H groups in total. The van der Waals surface area contributed by atoms with Crippen LogP contribution in [-0.2, 0) is 4.74 Å². The van der Waals surface area contributed by atoms with Crippen molar-refractivity contribution in [3.63, 3.8) is 0 Å². The Balaban J connectivity index is 2.11. The van der Waals surface area contributed by atoms with E-state index in [0.717, 1.165) is 36.8 Å². The molecule has 2 rings (SSSR count). The molecule has 1 fully saturated rings. The van der Waals surface area contributed by atoms with Gasteiger partial charge in [0.05, 0.1) is 22.9 Å². The average Bonchev–Trinajstić information content (AvgIpc) is 2.43. The van der Waals surface area contributed by atoms with Crippen LogP contribution >= 0.6 is 11.6 Å². The van der Waals surface area contributed by atoms with Crippen LogP contribution in [0.25, 0.3) is 0 Å². The second-order valence-corrected chi connectivity index (χ2v) is 6.46. The Morgan fingerprint density at radius 1 is 1.33 bits per heavy atom. The minimum absolute atomic E-state index is 0.245. The Labute approximate surface area is 133 Å². The van der Waals surface area contributed by atoms with Gasteiger partial charge in [0.1, 0.15) is 0 Å². The van der Waals surface area contributed by atoms with Gasteiger partial charge in [-0.3, -0.25) is 0 Å². The molecule has 0 aliphatic carbocycles. The zero-order valence-electron chi connectivity index (χ0n) is 13.5. The van der Waals surface area contributed by atoms with Crippen molar-refractivity contribution < 1.29 is 4.74 Å². The van der Waals surface area contributed by atoms with Gasteiger partial charge in [-0.1, -0.05) is 24.6 Å². The van der Waals surface area contributed by atoms with Crippen LogP contribution in [0.4, 0.5) is 5.69 Å². The highest BCUT2D eigenvalue weighted by atomic mass is 35.5. The van der Waals surface area contributed by atoms with Gasteiger partial charge >= 0.3 is 0 Å². The molecule has 1 aliphatic heterocycles. The van der Waals surface area contributed by atoms with Gasteiger partial charge in [0.2, 0.25) is 0 Å². The molecule has 3 atom stereocenters. The molecule has 0 amide bonds. The number of anilines is 1. The quantitative estimate of drug-likeness (QED) is 0.889. The molecular formula is C17H27ClN2O. The van der Waals surface area contributed by atoms with E-state index in [9.17, 15) is 0 Å². The van der Waals surface area contributed by atoms with Crippen LogP contribution in [0.15, 0.2) is 18.2 Å². The molecule has 1 aromatic rings. The number of morpholine rings is 1. The Hall–Kier alpha value is -0.770. The van der Waals surface area contributed by atoms with E-state index in [-0.39, 0.29) is 12.2 Å². The van der Waals surface area contributed by atoms with E-state index >= 15 is 0 Å². The summed E-state index contributed by atoms with van der Waals surface area (Å²) >= 11 is 6.53. The topological polar surface area (TPSA) is 24.5 Å². The lowest BCUT2D eigenvalue weighted by Gasteiger charge is -2.37. The van der Waals surface area contributed by atoms with Gasteiger partial charge in [0.25, 0.3) is 0 Å². The smallest absolute Gasteiger partial charge is 0.0726 e. The largest absolute Gasteiger partial charge is 0.372 e. The lowest BCUT2D eigenvalue weighted by molar-refractivity contribution is -0.00521. The molecule has 0 spiro atoms. The fourth-order valence-corrected chi connectivity index (χ4v) is 3.21. The summed E-state index contributed by atoms with van der Waals surface area (Å²) in [5.74, 6) is 0. The number of benzene rings is 1. The molecule has 3 nitrogen and oxygen atoms in total. The molecule has 118 valence electrons. The summed E-state index contributed by atoms with van der Waals surface area (Å²) in [6, 6.07) is 6.75. The van der Waals surface area contributed by atoms with Crippen molar-refractivity contribution in [3.8, 4) is 0 Å². The Bertz CT molecular complexity index is 456. The lowest BCUT2D eigenvalue weighted by atomic mass is 10.1. The first-order valence-corrected chi connectivity index (χ1v) is 8.32. The molecule has 4 heteroatoms. The van der Waals surface area contributed by atoms with Crippen LogP contribution in [0.1, 0.15) is 45.7 Å². The summed E-state index contributed by atoms with van der Waals surface area (Å²) in [5, 5.41) is 4.33. The molecule has 0 saturated carbocycles. The Morgan fingerprint density at radius 3 is 2.57 bits per heavy atom. The van der Waals surface area contributed by atoms with Gasteiger partial charge < -0.3 is 15.0 Å². The van der Waals surface area contributed by atoms with Crippen LogP contribution in [0, 0.1) is 0 Å². The van der Waals surface area contributed by atoms with Gasteiger partial charge in [-0.25, -0.2) is 0 Å². The third-order valence-electron chi connectivity index (χ3n) is 3.93. The molecule has 1 heterocycles. The third kappa shape index (κ3) is 4.35. The fourth-order valence-electron chi connectivity index (χ4n) is 2.90. The third-order valence-corrected chi connectivity index (χ3v) is 4.24. The average molecular weight is 311 g/mol. The van der Waals surface area contributed by atoms with Crippen molar-refractivity contribution >= 4 is 17.3 Å². The number of halogens is 1. The summed E-state index contributed by atoms with van der Waals surface area (Å²) < 4.78 is 5.79. The molecule has 0 aromatic heterocycles. The van der Waals surface area contributed by atoms with E-state index in [4.69, 9.17) is 16.3 Å². The SMILES string of the molecule is CCCNC(C)c1ccc(N2C[C@@H](C)O[C@@H](C)C2)c(Cl)c1. The molecule has 1 aromatic carbocycles. The highest BCUT2D eigenvalue weighted by Crippen LogP contribution is 2.31. The summed E-state index contributed by atoms with van der Waals surface area (Å²) in [5.41, 5.74) is 2.36. The van der Waals surface area contributed by atoms with E-state index in [2.05, 4.69) is 56.1 Å². The molecular weight excluding hydrogens is 284 g/mol. The van der Waals surface area contributed by atoms with Crippen molar-refractivity contribution in [3.05, 3.63) is 28.8 Å². The number of hydrogen-bond acceptors (Lipinski definition) is 3. The van der Waals surface area contributed by atoms with Gasteiger partial charge in [-0.15, -0.1) is 0 Å². The zero-order chi connectivity index (χ0) is 15.4. The summed E-state index contributed by atoms with van der Waals surface area (Å²) in [6.45, 7) is 11.4. The fraction of sp³-hybridized carbons (Fsp3) is 0.647. The van der Waals surface area contributed by atoms with Crippen molar-refractivity contribution in [2.45, 2.75) is 52.4 Å². The van der Waals surface area contributed by atoms with Crippen LogP contribution in [0.5, 0.6) is 0 Å². The van der Waals surface area contributed by atoms with E-state index in [1.165, 1.54) is 5.56 Å². The number of nitrogens with zero attached hydrogens (tertiary/aromatic N) is 1. The van der Waals surface area contributed by atoms with Crippen molar-refractivity contribution in [2.24, 2.45) is 0 Å². The van der Waals surface area contributed by atoms with Gasteiger partial charge in [-0.2, -0.15) is 0 Å². The summed E-state index contributed by atoms with van der Waals surface area (Å²) in [7, 11) is 0. The summed E-state index contributed by atoms with van der Waals surface area (Å²) in [4.78, 5) is 2.33. The molecule has 1 aliphatic rings. The maximum atomic E-state index is 6.53. The number of nitrogens with one attached hydrogen (secondary N) is 1. The van der Waals surface area contributed by atoms with E-state index < -0.39 is 0 Å². The lowest BCUT2D eigenvalue weighted by Crippen LogP contribution is -2.45.